The maximum Gasteiger partial charge on any atom is 0.227 e. The Morgan fingerprint density at radius 1 is 1.11 bits per heavy atom. The van der Waals surface area contributed by atoms with E-state index >= 15 is 0 Å². The van der Waals surface area contributed by atoms with Crippen LogP contribution in [0, 0.1) is 18.7 Å². The Labute approximate surface area is 162 Å². The second kappa shape index (κ2) is 7.75. The van der Waals surface area contributed by atoms with Gasteiger partial charge in [-0.2, -0.15) is 0 Å². The first-order chi connectivity index (χ1) is 13.6. The number of carbonyl (C=O) groups excluding carboxylic acids is 1. The Bertz CT molecular complexity index is 963. The average molecular weight is 380 g/mol. The molecular weight excluding hydrogens is 359 g/mol. The lowest BCUT2D eigenvalue weighted by Gasteiger charge is -2.32. The number of nitrogens with zero attached hydrogens (tertiary/aromatic N) is 5. The Hall–Kier alpha value is -3.29. The first-order valence-electron chi connectivity index (χ1n) is 9.24. The molecule has 0 bridgehead atoms. The number of imidazole rings is 1. The summed E-state index contributed by atoms with van der Waals surface area (Å²) in [6.45, 7) is 3.40. The van der Waals surface area contributed by atoms with Crippen LogP contribution in [0.15, 0.2) is 49.1 Å². The minimum atomic E-state index is -0.318. The van der Waals surface area contributed by atoms with E-state index in [0.717, 1.165) is 43.4 Å². The SMILES string of the molecule is Cc1nccn1-c1cc(N2CCC(C(=O)Nc3ccc(F)cc3)CC2)ncn1. The number of carbonyl (C=O) groups is 1. The zero-order chi connectivity index (χ0) is 19.5. The molecule has 0 spiro atoms. The van der Waals surface area contributed by atoms with Crippen LogP contribution in [0.4, 0.5) is 15.9 Å². The molecule has 3 heterocycles. The van der Waals surface area contributed by atoms with Crippen molar-refractivity contribution >= 4 is 17.4 Å². The topological polar surface area (TPSA) is 75.9 Å². The van der Waals surface area contributed by atoms with Gasteiger partial charge in [-0.25, -0.2) is 19.3 Å². The first-order valence-corrected chi connectivity index (χ1v) is 9.24. The molecule has 0 aliphatic carbocycles. The van der Waals surface area contributed by atoms with Gasteiger partial charge in [0.05, 0.1) is 0 Å². The number of benzene rings is 1. The highest BCUT2D eigenvalue weighted by molar-refractivity contribution is 5.92. The zero-order valence-corrected chi connectivity index (χ0v) is 15.5. The van der Waals surface area contributed by atoms with Gasteiger partial charge in [0.25, 0.3) is 0 Å². The van der Waals surface area contributed by atoms with Gasteiger partial charge < -0.3 is 10.2 Å². The summed E-state index contributed by atoms with van der Waals surface area (Å²) >= 11 is 0. The van der Waals surface area contributed by atoms with E-state index in [9.17, 15) is 9.18 Å². The van der Waals surface area contributed by atoms with Crippen molar-refractivity contribution in [2.24, 2.45) is 5.92 Å². The number of aromatic nitrogens is 4. The third-order valence-corrected chi connectivity index (χ3v) is 5.01. The molecule has 3 aromatic rings. The summed E-state index contributed by atoms with van der Waals surface area (Å²) in [5.41, 5.74) is 0.616. The van der Waals surface area contributed by atoms with Gasteiger partial charge in [-0.05, 0) is 44.0 Å². The van der Waals surface area contributed by atoms with Crippen LogP contribution in [0.2, 0.25) is 0 Å². The fourth-order valence-electron chi connectivity index (χ4n) is 3.41. The van der Waals surface area contributed by atoms with Crippen molar-refractivity contribution in [2.75, 3.05) is 23.3 Å². The van der Waals surface area contributed by atoms with Crippen LogP contribution < -0.4 is 10.2 Å². The third-order valence-electron chi connectivity index (χ3n) is 5.01. The third kappa shape index (κ3) is 3.85. The van der Waals surface area contributed by atoms with Crippen LogP contribution in [0.1, 0.15) is 18.7 Å². The maximum absolute atomic E-state index is 13.0. The quantitative estimate of drug-likeness (QED) is 0.753. The van der Waals surface area contributed by atoms with Crippen molar-refractivity contribution in [3.8, 4) is 5.82 Å². The van der Waals surface area contributed by atoms with Crippen LogP contribution in [-0.4, -0.2) is 38.5 Å². The van der Waals surface area contributed by atoms with Gasteiger partial charge >= 0.3 is 0 Å². The number of amides is 1. The molecule has 1 aliphatic heterocycles. The zero-order valence-electron chi connectivity index (χ0n) is 15.5. The molecule has 0 radical (unpaired) electrons. The molecule has 1 fully saturated rings. The lowest BCUT2D eigenvalue weighted by molar-refractivity contribution is -0.120. The lowest BCUT2D eigenvalue weighted by atomic mass is 9.96. The maximum atomic E-state index is 13.0. The summed E-state index contributed by atoms with van der Waals surface area (Å²) in [4.78, 5) is 27.6. The minimum absolute atomic E-state index is 0.0244. The Morgan fingerprint density at radius 3 is 2.50 bits per heavy atom. The summed E-state index contributed by atoms with van der Waals surface area (Å²) in [6, 6.07) is 7.76. The highest BCUT2D eigenvalue weighted by Crippen LogP contribution is 2.24. The van der Waals surface area contributed by atoms with Crippen LogP contribution in [0.25, 0.3) is 5.82 Å². The van der Waals surface area contributed by atoms with Gasteiger partial charge in [0, 0.05) is 43.2 Å². The highest BCUT2D eigenvalue weighted by Gasteiger charge is 2.26. The van der Waals surface area contributed by atoms with Crippen molar-refractivity contribution in [2.45, 2.75) is 19.8 Å². The predicted octanol–water partition coefficient (Wildman–Crippen LogP) is 2.96. The Kier molecular flexibility index (Phi) is 5.01. The molecule has 1 aliphatic rings. The van der Waals surface area contributed by atoms with E-state index < -0.39 is 0 Å². The van der Waals surface area contributed by atoms with Crippen molar-refractivity contribution in [3.05, 3.63) is 60.7 Å². The molecule has 8 heteroatoms. The normalized spacial score (nSPS) is 14.9. The number of anilines is 2. The number of hydrogen-bond acceptors (Lipinski definition) is 5. The predicted molar refractivity (Wildman–Crippen MR) is 104 cm³/mol. The van der Waals surface area contributed by atoms with E-state index in [-0.39, 0.29) is 17.6 Å². The van der Waals surface area contributed by atoms with Crippen LogP contribution >= 0.6 is 0 Å². The summed E-state index contributed by atoms with van der Waals surface area (Å²) in [5.74, 6) is 2.07. The van der Waals surface area contributed by atoms with Gasteiger partial charge in [-0.3, -0.25) is 9.36 Å². The summed E-state index contributed by atoms with van der Waals surface area (Å²) in [7, 11) is 0. The van der Waals surface area contributed by atoms with Crippen molar-refractivity contribution < 1.29 is 9.18 Å². The standard InChI is InChI=1S/C20H21FN6O/c1-14-22-8-11-27(14)19-12-18(23-13-24-19)26-9-6-15(7-10-26)20(28)25-17-4-2-16(21)3-5-17/h2-5,8,11-13,15H,6-7,9-10H2,1H3,(H,25,28). The van der Waals surface area contributed by atoms with Gasteiger partial charge in [-0.1, -0.05) is 0 Å². The molecule has 144 valence electrons. The first kappa shape index (κ1) is 18.1. The highest BCUT2D eigenvalue weighted by atomic mass is 19.1. The second-order valence-corrected chi connectivity index (χ2v) is 6.84. The van der Waals surface area contributed by atoms with Gasteiger partial charge in [0.2, 0.25) is 5.91 Å². The fourth-order valence-corrected chi connectivity index (χ4v) is 3.41. The lowest BCUT2D eigenvalue weighted by Crippen LogP contribution is -2.38. The Balaban J connectivity index is 1.38. The molecule has 2 aromatic heterocycles. The molecule has 1 aromatic carbocycles. The molecule has 1 saturated heterocycles. The second-order valence-electron chi connectivity index (χ2n) is 6.84. The largest absolute Gasteiger partial charge is 0.356 e. The van der Waals surface area contributed by atoms with Crippen molar-refractivity contribution in [3.63, 3.8) is 0 Å². The smallest absolute Gasteiger partial charge is 0.227 e. The van der Waals surface area contributed by atoms with Gasteiger partial charge in [0.15, 0.2) is 0 Å². The van der Waals surface area contributed by atoms with E-state index in [4.69, 9.17) is 0 Å². The van der Waals surface area contributed by atoms with E-state index in [1.54, 1.807) is 24.7 Å². The van der Waals surface area contributed by atoms with Crippen molar-refractivity contribution in [1.29, 1.82) is 0 Å². The van der Waals surface area contributed by atoms with Gasteiger partial charge in [0.1, 0.15) is 29.6 Å². The summed E-state index contributed by atoms with van der Waals surface area (Å²) in [6.07, 6.45) is 6.63. The number of halogens is 1. The number of hydrogen-bond donors (Lipinski definition) is 1. The number of rotatable bonds is 4. The van der Waals surface area contributed by atoms with Gasteiger partial charge in [-0.15, -0.1) is 0 Å². The van der Waals surface area contributed by atoms with E-state index in [1.807, 2.05) is 23.8 Å². The molecule has 28 heavy (non-hydrogen) atoms. The number of aryl methyl sites for hydroxylation is 1. The molecule has 4 rings (SSSR count). The fraction of sp³-hybridized carbons (Fsp3) is 0.300. The number of piperidine rings is 1. The molecular formula is C20H21FN6O. The summed E-state index contributed by atoms with van der Waals surface area (Å²) in [5, 5.41) is 2.87. The van der Waals surface area contributed by atoms with E-state index in [2.05, 4.69) is 25.2 Å². The molecule has 7 nitrogen and oxygen atoms in total. The molecule has 1 N–H and O–H groups in total. The van der Waals surface area contributed by atoms with E-state index in [0.29, 0.717) is 5.69 Å². The molecule has 0 unspecified atom stereocenters. The molecule has 1 amide bonds. The summed E-state index contributed by atoms with van der Waals surface area (Å²) < 4.78 is 14.9. The average Bonchev–Trinajstić information content (AvgIpc) is 3.16. The molecule has 0 atom stereocenters. The van der Waals surface area contributed by atoms with E-state index in [1.165, 1.54) is 12.1 Å². The monoisotopic (exact) mass is 380 g/mol. The minimum Gasteiger partial charge on any atom is -0.356 e. The van der Waals surface area contributed by atoms with Crippen molar-refractivity contribution in [1.82, 2.24) is 19.5 Å². The van der Waals surface area contributed by atoms with Crippen LogP contribution in [0.3, 0.4) is 0 Å². The van der Waals surface area contributed by atoms with Crippen LogP contribution in [-0.2, 0) is 4.79 Å². The Morgan fingerprint density at radius 2 is 1.82 bits per heavy atom. The molecule has 0 saturated carbocycles. The number of nitrogens with one attached hydrogen (secondary N) is 1. The van der Waals surface area contributed by atoms with Crippen LogP contribution in [0.5, 0.6) is 0 Å².